The quantitative estimate of drug-likeness (QED) is 0.402. The number of thiazole rings is 1. The third-order valence-electron chi connectivity index (χ3n) is 3.63. The van der Waals surface area contributed by atoms with Crippen molar-refractivity contribution in [1.82, 2.24) is 15.2 Å². The third-order valence-corrected chi connectivity index (χ3v) is 4.54. The minimum absolute atomic E-state index is 0.316. The van der Waals surface area contributed by atoms with E-state index in [1.54, 1.807) is 12.1 Å². The Morgan fingerprint density at radius 1 is 1.29 bits per heavy atom. The standard InChI is InChI=1S/C18H22F4N4OS/c1-3-23-17(24-9-8-16-25-15(12-28-16)18(20,21)22)26(2)10-11-27-14-6-4-13(19)5-7-14/h4-7,12H,3,8-11H2,1-2H3,(H,23,24). The highest BCUT2D eigenvalue weighted by Gasteiger charge is 2.33. The summed E-state index contributed by atoms with van der Waals surface area (Å²) in [5.41, 5.74) is -0.863. The number of rotatable bonds is 8. The summed E-state index contributed by atoms with van der Waals surface area (Å²) in [6, 6.07) is 5.76. The van der Waals surface area contributed by atoms with E-state index in [2.05, 4.69) is 15.3 Å². The number of hydrogen-bond acceptors (Lipinski definition) is 4. The predicted molar refractivity (Wildman–Crippen MR) is 101 cm³/mol. The normalized spacial score (nSPS) is 12.1. The van der Waals surface area contributed by atoms with Crippen LogP contribution in [0.15, 0.2) is 34.6 Å². The molecule has 0 radical (unpaired) electrons. The summed E-state index contributed by atoms with van der Waals surface area (Å²) in [5, 5.41) is 4.54. The van der Waals surface area contributed by atoms with Gasteiger partial charge in [-0.1, -0.05) is 0 Å². The number of benzene rings is 1. The van der Waals surface area contributed by atoms with Crippen LogP contribution >= 0.6 is 11.3 Å². The summed E-state index contributed by atoms with van der Waals surface area (Å²) in [7, 11) is 1.83. The second kappa shape index (κ2) is 10.3. The Balaban J connectivity index is 1.84. The molecule has 1 aromatic carbocycles. The van der Waals surface area contributed by atoms with Gasteiger partial charge in [-0.3, -0.25) is 4.99 Å². The maximum Gasteiger partial charge on any atom is 0.434 e. The van der Waals surface area contributed by atoms with Gasteiger partial charge in [-0.25, -0.2) is 9.37 Å². The topological polar surface area (TPSA) is 49.8 Å². The smallest absolute Gasteiger partial charge is 0.434 e. The predicted octanol–water partition coefficient (Wildman–Crippen LogP) is 3.82. The zero-order valence-electron chi connectivity index (χ0n) is 15.6. The van der Waals surface area contributed by atoms with Crippen LogP contribution in [0.5, 0.6) is 5.75 Å². The first-order valence-electron chi connectivity index (χ1n) is 8.69. The number of nitrogens with zero attached hydrogens (tertiary/aromatic N) is 3. The van der Waals surface area contributed by atoms with E-state index in [9.17, 15) is 17.6 Å². The maximum absolute atomic E-state index is 12.9. The van der Waals surface area contributed by atoms with E-state index in [4.69, 9.17) is 4.74 Å². The molecule has 0 fully saturated rings. The molecule has 0 saturated heterocycles. The zero-order chi connectivity index (χ0) is 20.6. The number of hydrogen-bond donors (Lipinski definition) is 1. The Morgan fingerprint density at radius 3 is 2.61 bits per heavy atom. The fourth-order valence-electron chi connectivity index (χ4n) is 2.22. The first kappa shape index (κ1) is 21.9. The summed E-state index contributed by atoms with van der Waals surface area (Å²) in [4.78, 5) is 9.89. The SMILES string of the molecule is CCNC(=NCCc1nc(C(F)(F)F)cs1)N(C)CCOc1ccc(F)cc1. The van der Waals surface area contributed by atoms with Crippen LogP contribution in [0.2, 0.25) is 0 Å². The van der Waals surface area contributed by atoms with Crippen molar-refractivity contribution in [3.05, 3.63) is 46.2 Å². The van der Waals surface area contributed by atoms with Gasteiger partial charge >= 0.3 is 6.18 Å². The molecule has 1 aromatic heterocycles. The number of nitrogens with one attached hydrogen (secondary N) is 1. The van der Waals surface area contributed by atoms with Crippen molar-refractivity contribution < 1.29 is 22.3 Å². The summed E-state index contributed by atoms with van der Waals surface area (Å²) in [6.45, 7) is 3.79. The molecule has 2 rings (SSSR count). The van der Waals surface area contributed by atoms with Crippen LogP contribution in [0.25, 0.3) is 0 Å². The van der Waals surface area contributed by atoms with Crippen molar-refractivity contribution in [2.24, 2.45) is 4.99 Å². The second-order valence-electron chi connectivity index (χ2n) is 5.83. The molecule has 5 nitrogen and oxygen atoms in total. The monoisotopic (exact) mass is 418 g/mol. The van der Waals surface area contributed by atoms with E-state index in [1.165, 1.54) is 12.1 Å². The van der Waals surface area contributed by atoms with E-state index in [1.807, 2.05) is 18.9 Å². The van der Waals surface area contributed by atoms with Crippen LogP contribution in [0.1, 0.15) is 17.6 Å². The van der Waals surface area contributed by atoms with Crippen molar-refractivity contribution in [3.8, 4) is 5.75 Å². The molecule has 0 bridgehead atoms. The lowest BCUT2D eigenvalue weighted by atomic mass is 10.3. The van der Waals surface area contributed by atoms with Gasteiger partial charge in [0.1, 0.15) is 18.2 Å². The molecule has 0 aliphatic rings. The number of likely N-dealkylation sites (N-methyl/N-ethyl adjacent to an activating group) is 1. The highest BCUT2D eigenvalue weighted by atomic mass is 32.1. The fraction of sp³-hybridized carbons (Fsp3) is 0.444. The summed E-state index contributed by atoms with van der Waals surface area (Å²) in [6.07, 6.45) is -4.09. The van der Waals surface area contributed by atoms with E-state index >= 15 is 0 Å². The lowest BCUT2D eigenvalue weighted by Crippen LogP contribution is -2.41. The van der Waals surface area contributed by atoms with Gasteiger partial charge in [0, 0.05) is 31.9 Å². The molecule has 2 aromatic rings. The van der Waals surface area contributed by atoms with E-state index in [0.29, 0.717) is 49.4 Å². The molecule has 28 heavy (non-hydrogen) atoms. The first-order valence-corrected chi connectivity index (χ1v) is 9.57. The Bertz CT molecular complexity index is 762. The van der Waals surface area contributed by atoms with Crippen LogP contribution in [0.4, 0.5) is 17.6 Å². The van der Waals surface area contributed by atoms with Crippen molar-refractivity contribution in [3.63, 3.8) is 0 Å². The van der Waals surface area contributed by atoms with E-state index in [0.717, 1.165) is 16.7 Å². The molecule has 154 valence electrons. The lowest BCUT2D eigenvalue weighted by molar-refractivity contribution is -0.140. The third kappa shape index (κ3) is 6.99. The van der Waals surface area contributed by atoms with Crippen LogP contribution in [0.3, 0.4) is 0 Å². The summed E-state index contributed by atoms with van der Waals surface area (Å²) >= 11 is 0.981. The Hall–Kier alpha value is -2.36. The Morgan fingerprint density at radius 2 is 2.00 bits per heavy atom. The highest BCUT2D eigenvalue weighted by molar-refractivity contribution is 7.09. The minimum atomic E-state index is -4.42. The van der Waals surface area contributed by atoms with Crippen LogP contribution in [-0.2, 0) is 12.6 Å². The number of guanidine groups is 1. The molecule has 0 amide bonds. The Kier molecular flexibility index (Phi) is 8.04. The molecule has 0 saturated carbocycles. The molecular formula is C18H22F4N4OS. The molecule has 1 N–H and O–H groups in total. The molecule has 0 spiro atoms. The molecule has 0 aliphatic heterocycles. The number of aromatic nitrogens is 1. The number of ether oxygens (including phenoxy) is 1. The van der Waals surface area contributed by atoms with Crippen LogP contribution in [0, 0.1) is 5.82 Å². The average molecular weight is 418 g/mol. The van der Waals surface area contributed by atoms with Crippen molar-refractivity contribution in [1.29, 1.82) is 0 Å². The van der Waals surface area contributed by atoms with Gasteiger partial charge in [-0.15, -0.1) is 11.3 Å². The molecular weight excluding hydrogens is 396 g/mol. The fourth-order valence-corrected chi connectivity index (χ4v) is 3.01. The molecule has 10 heteroatoms. The highest BCUT2D eigenvalue weighted by Crippen LogP contribution is 2.30. The summed E-state index contributed by atoms with van der Waals surface area (Å²) < 4.78 is 56.2. The number of halogens is 4. The first-order chi connectivity index (χ1) is 13.3. The zero-order valence-corrected chi connectivity index (χ0v) is 16.4. The largest absolute Gasteiger partial charge is 0.492 e. The van der Waals surface area contributed by atoms with Gasteiger partial charge in [0.15, 0.2) is 11.7 Å². The lowest BCUT2D eigenvalue weighted by Gasteiger charge is -2.22. The number of aliphatic imine (C=N–C) groups is 1. The minimum Gasteiger partial charge on any atom is -0.492 e. The van der Waals surface area contributed by atoms with Gasteiger partial charge in [0.25, 0.3) is 0 Å². The van der Waals surface area contributed by atoms with E-state index < -0.39 is 11.9 Å². The van der Waals surface area contributed by atoms with Crippen molar-refractivity contribution in [2.75, 3.05) is 33.3 Å². The summed E-state index contributed by atoms with van der Waals surface area (Å²) in [5.74, 6) is 0.868. The second-order valence-corrected chi connectivity index (χ2v) is 6.78. The van der Waals surface area contributed by atoms with Crippen molar-refractivity contribution >= 4 is 17.3 Å². The van der Waals surface area contributed by atoms with Gasteiger partial charge in [-0.05, 0) is 31.2 Å². The van der Waals surface area contributed by atoms with Gasteiger partial charge < -0.3 is 15.0 Å². The maximum atomic E-state index is 12.9. The van der Waals surface area contributed by atoms with Crippen LogP contribution < -0.4 is 10.1 Å². The number of alkyl halides is 3. The van der Waals surface area contributed by atoms with Gasteiger partial charge in [0.05, 0.1) is 11.6 Å². The molecule has 0 aliphatic carbocycles. The van der Waals surface area contributed by atoms with Crippen LogP contribution in [-0.4, -0.2) is 49.1 Å². The van der Waals surface area contributed by atoms with Crippen molar-refractivity contribution in [2.45, 2.75) is 19.5 Å². The molecule has 1 heterocycles. The molecule has 0 unspecified atom stereocenters. The average Bonchev–Trinajstić information content (AvgIpc) is 3.12. The van der Waals surface area contributed by atoms with E-state index in [-0.39, 0.29) is 5.82 Å². The van der Waals surface area contributed by atoms with Gasteiger partial charge in [-0.2, -0.15) is 13.2 Å². The van der Waals surface area contributed by atoms with Gasteiger partial charge in [0.2, 0.25) is 0 Å². The Labute approximate surface area is 165 Å². The molecule has 0 atom stereocenters.